The van der Waals surface area contributed by atoms with E-state index in [9.17, 15) is 45.3 Å². The predicted octanol–water partition coefficient (Wildman–Crippen LogP) is -0.358. The van der Waals surface area contributed by atoms with Crippen LogP contribution in [0.3, 0.4) is 0 Å². The smallest absolute Gasteiger partial charge is 0.303 e. The van der Waals surface area contributed by atoms with Gasteiger partial charge in [-0.2, -0.15) is 0 Å². The standard InChI is InChI=1S/C34H40O17/c1-13-24(38)27(41)29(43)34(46-13)48-18-8-9-19-21(10-18)49-31(16-4-6-17(36)7-5-16)32(25(19)39)51-23-11-22(30(14(2)45-23)47-15(3)35)50-33-28(42)26(40)20(37)12-44-33/h4-10,13-14,20,22-24,26-30,33-34,36-38,40-43H,11-12H2,1-3H3/t13-,14-,20-,22+,23+,24+,26+,27-,28-,29-,30+,33-,34+/m1/s1. The van der Waals surface area contributed by atoms with E-state index in [1.54, 1.807) is 6.92 Å². The van der Waals surface area contributed by atoms with Crippen LogP contribution in [0.15, 0.2) is 51.7 Å². The van der Waals surface area contributed by atoms with Gasteiger partial charge in [0.05, 0.1) is 24.2 Å². The van der Waals surface area contributed by atoms with Crippen LogP contribution in [0.25, 0.3) is 22.3 Å². The fourth-order valence-corrected chi connectivity index (χ4v) is 6.16. The molecule has 3 fully saturated rings. The number of hydrogen-bond acceptors (Lipinski definition) is 17. The number of aliphatic hydroxyl groups excluding tert-OH is 6. The minimum Gasteiger partial charge on any atom is -0.508 e. The van der Waals surface area contributed by atoms with Crippen LogP contribution in [-0.4, -0.2) is 128 Å². The van der Waals surface area contributed by atoms with Crippen molar-refractivity contribution in [3.63, 3.8) is 0 Å². The van der Waals surface area contributed by atoms with Crippen LogP contribution in [-0.2, 0) is 28.5 Å². The van der Waals surface area contributed by atoms with Gasteiger partial charge in [0, 0.05) is 25.0 Å². The molecule has 2 aromatic carbocycles. The van der Waals surface area contributed by atoms with Crippen molar-refractivity contribution in [3.05, 3.63) is 52.7 Å². The van der Waals surface area contributed by atoms with Gasteiger partial charge in [0.25, 0.3) is 0 Å². The molecule has 0 amide bonds. The van der Waals surface area contributed by atoms with Crippen LogP contribution in [0.1, 0.15) is 27.2 Å². The normalized spacial score (nSPS) is 35.7. The van der Waals surface area contributed by atoms with Gasteiger partial charge < -0.3 is 73.3 Å². The summed E-state index contributed by atoms with van der Waals surface area (Å²) in [6, 6.07) is 9.90. The molecule has 6 rings (SSSR count). The third-order valence-electron chi connectivity index (χ3n) is 8.95. The fourth-order valence-electron chi connectivity index (χ4n) is 6.16. The summed E-state index contributed by atoms with van der Waals surface area (Å²) in [5.41, 5.74) is -0.276. The van der Waals surface area contributed by atoms with Gasteiger partial charge >= 0.3 is 5.97 Å². The lowest BCUT2D eigenvalue weighted by molar-refractivity contribution is -0.314. The molecule has 4 heterocycles. The number of phenolic OH excluding ortho intramolecular Hbond substituents is 1. The molecule has 0 aliphatic carbocycles. The van der Waals surface area contributed by atoms with Crippen molar-refractivity contribution in [2.24, 2.45) is 0 Å². The van der Waals surface area contributed by atoms with E-state index in [0.717, 1.165) is 0 Å². The molecule has 3 aliphatic heterocycles. The molecule has 278 valence electrons. The van der Waals surface area contributed by atoms with Gasteiger partial charge in [0.1, 0.15) is 59.8 Å². The highest BCUT2D eigenvalue weighted by atomic mass is 16.7. The zero-order chi connectivity index (χ0) is 36.7. The molecule has 0 unspecified atom stereocenters. The maximum Gasteiger partial charge on any atom is 0.303 e. The third-order valence-corrected chi connectivity index (χ3v) is 8.95. The maximum absolute atomic E-state index is 14.1. The average Bonchev–Trinajstić information content (AvgIpc) is 3.09. The second kappa shape index (κ2) is 15.0. The number of fused-ring (bicyclic) bond motifs is 1. The molecule has 17 nitrogen and oxygen atoms in total. The number of ether oxygens (including phenoxy) is 7. The Labute approximate surface area is 290 Å². The van der Waals surface area contributed by atoms with Crippen molar-refractivity contribution < 1.29 is 78.1 Å². The highest BCUT2D eigenvalue weighted by Gasteiger charge is 2.46. The predicted molar refractivity (Wildman–Crippen MR) is 170 cm³/mol. The van der Waals surface area contributed by atoms with E-state index in [1.165, 1.54) is 56.3 Å². The lowest BCUT2D eigenvalue weighted by Crippen LogP contribution is -2.58. The van der Waals surface area contributed by atoms with Crippen molar-refractivity contribution in [2.75, 3.05) is 6.61 Å². The van der Waals surface area contributed by atoms with Gasteiger partial charge in [-0.1, -0.05) is 0 Å². The number of carbonyl (C=O) groups excluding carboxylic acids is 1. The van der Waals surface area contributed by atoms with Crippen LogP contribution in [0.2, 0.25) is 0 Å². The molecule has 51 heavy (non-hydrogen) atoms. The van der Waals surface area contributed by atoms with E-state index in [-0.39, 0.29) is 47.0 Å². The molecule has 0 radical (unpaired) electrons. The minimum absolute atomic E-state index is 0.0325. The monoisotopic (exact) mass is 720 g/mol. The zero-order valence-corrected chi connectivity index (χ0v) is 27.7. The molecular formula is C34H40O17. The van der Waals surface area contributed by atoms with E-state index in [0.29, 0.717) is 5.56 Å². The summed E-state index contributed by atoms with van der Waals surface area (Å²) < 4.78 is 46.5. The molecule has 0 spiro atoms. The van der Waals surface area contributed by atoms with Crippen molar-refractivity contribution in [1.82, 2.24) is 0 Å². The Balaban J connectivity index is 1.32. The maximum atomic E-state index is 14.1. The first kappa shape index (κ1) is 36.9. The summed E-state index contributed by atoms with van der Waals surface area (Å²) in [5.74, 6) is -0.956. The van der Waals surface area contributed by atoms with E-state index in [2.05, 4.69) is 0 Å². The van der Waals surface area contributed by atoms with Gasteiger partial charge in [-0.05, 0) is 50.2 Å². The zero-order valence-electron chi connectivity index (χ0n) is 27.7. The largest absolute Gasteiger partial charge is 0.508 e. The summed E-state index contributed by atoms with van der Waals surface area (Å²) in [6.07, 6.45) is -17.0. The highest BCUT2D eigenvalue weighted by Crippen LogP contribution is 2.37. The number of benzene rings is 2. The summed E-state index contributed by atoms with van der Waals surface area (Å²) >= 11 is 0. The second-order valence-electron chi connectivity index (χ2n) is 12.7. The minimum atomic E-state index is -1.64. The third kappa shape index (κ3) is 7.68. The molecule has 7 N–H and O–H groups in total. The van der Waals surface area contributed by atoms with Crippen LogP contribution in [0, 0.1) is 0 Å². The van der Waals surface area contributed by atoms with Gasteiger partial charge in [-0.15, -0.1) is 0 Å². The first-order valence-corrected chi connectivity index (χ1v) is 16.3. The first-order valence-electron chi connectivity index (χ1n) is 16.3. The Morgan fingerprint density at radius 1 is 0.824 bits per heavy atom. The molecule has 0 saturated carbocycles. The van der Waals surface area contributed by atoms with Crippen LogP contribution >= 0.6 is 0 Å². The summed E-state index contributed by atoms with van der Waals surface area (Å²) in [6.45, 7) is 3.94. The molecule has 3 aliphatic rings. The van der Waals surface area contributed by atoms with Crippen molar-refractivity contribution in [1.29, 1.82) is 0 Å². The van der Waals surface area contributed by atoms with E-state index in [1.807, 2.05) is 0 Å². The Morgan fingerprint density at radius 3 is 2.24 bits per heavy atom. The van der Waals surface area contributed by atoms with Gasteiger partial charge in [0.15, 0.2) is 18.2 Å². The van der Waals surface area contributed by atoms with Gasteiger partial charge in [0.2, 0.25) is 23.8 Å². The van der Waals surface area contributed by atoms with Crippen LogP contribution in [0.4, 0.5) is 0 Å². The van der Waals surface area contributed by atoms with Gasteiger partial charge in [-0.3, -0.25) is 9.59 Å². The highest BCUT2D eigenvalue weighted by molar-refractivity contribution is 5.83. The number of esters is 1. The second-order valence-corrected chi connectivity index (χ2v) is 12.7. The van der Waals surface area contributed by atoms with Crippen molar-refractivity contribution in [2.45, 2.75) is 107 Å². The van der Waals surface area contributed by atoms with E-state index >= 15 is 0 Å². The number of hydrogen-bond donors (Lipinski definition) is 7. The molecule has 13 atom stereocenters. The SMILES string of the molecule is CC(=O)O[C@@H]1[C@@H](O[C@H]2OC[C@@H](O)[C@H](O)[C@H]2O)C[C@H](Oc2c(-c3ccc(O)cc3)oc3cc(O[C@@H]4O[C@H](C)[C@H](O)[C@@H](O)[C@H]4O)ccc3c2=O)O[C@@H]1C. The number of rotatable bonds is 8. The van der Waals surface area contributed by atoms with Gasteiger partial charge in [-0.25, -0.2) is 0 Å². The number of aromatic hydroxyl groups is 1. The topological polar surface area (TPSA) is 253 Å². The molecular weight excluding hydrogens is 680 g/mol. The molecule has 1 aromatic heterocycles. The van der Waals surface area contributed by atoms with Crippen molar-refractivity contribution in [3.8, 4) is 28.6 Å². The van der Waals surface area contributed by atoms with Crippen LogP contribution < -0.4 is 14.9 Å². The number of carbonyl (C=O) groups is 1. The van der Waals surface area contributed by atoms with Crippen LogP contribution in [0.5, 0.6) is 17.2 Å². The van der Waals surface area contributed by atoms with Crippen molar-refractivity contribution >= 4 is 16.9 Å². The summed E-state index contributed by atoms with van der Waals surface area (Å²) in [5, 5.41) is 71.1. The Kier molecular flexibility index (Phi) is 10.9. The summed E-state index contributed by atoms with van der Waals surface area (Å²) in [4.78, 5) is 26.1. The lowest BCUT2D eigenvalue weighted by Gasteiger charge is -2.42. The number of phenols is 1. The molecule has 3 aromatic rings. The summed E-state index contributed by atoms with van der Waals surface area (Å²) in [7, 11) is 0. The average molecular weight is 721 g/mol. The molecule has 0 bridgehead atoms. The lowest BCUT2D eigenvalue weighted by atomic mass is 10.00. The number of aliphatic hydroxyl groups is 6. The Morgan fingerprint density at radius 2 is 1.53 bits per heavy atom. The van der Waals surface area contributed by atoms with E-state index < -0.39 is 91.3 Å². The first-order chi connectivity index (χ1) is 24.2. The quantitative estimate of drug-likeness (QED) is 0.147. The fraction of sp³-hybridized carbons (Fsp3) is 0.529. The Bertz CT molecular complexity index is 1750. The molecule has 3 saturated heterocycles. The van der Waals surface area contributed by atoms with E-state index in [4.69, 9.17) is 37.6 Å². The Hall–Kier alpha value is -3.88. The molecule has 17 heteroatoms.